The average molecular weight is 381 g/mol. The first-order valence-electron chi connectivity index (χ1n) is 6.49. The van der Waals surface area contributed by atoms with Crippen LogP contribution >= 0.6 is 34.8 Å². The fraction of sp³-hybridized carbons (Fsp3) is 0.286. The molecule has 0 aromatic heterocycles. The zero-order valence-electron chi connectivity index (χ0n) is 11.9. The lowest BCUT2D eigenvalue weighted by atomic mass is 10.3. The molecule has 1 atom stereocenters. The highest BCUT2D eigenvalue weighted by Crippen LogP contribution is 2.32. The van der Waals surface area contributed by atoms with Crippen molar-refractivity contribution in [2.45, 2.75) is 13.0 Å². The molecule has 9 heteroatoms. The fourth-order valence-electron chi connectivity index (χ4n) is 1.60. The second-order valence-electron chi connectivity index (χ2n) is 4.48. The summed E-state index contributed by atoms with van der Waals surface area (Å²) in [5.74, 6) is -1.48. The van der Waals surface area contributed by atoms with Gasteiger partial charge in [-0.25, -0.2) is 4.79 Å². The first-order valence-corrected chi connectivity index (χ1v) is 7.63. The molecular weight excluding hydrogens is 369 g/mol. The molecule has 1 heterocycles. The number of rotatable bonds is 4. The molecular formula is C14H12Cl3NO5. The van der Waals surface area contributed by atoms with Gasteiger partial charge in [-0.2, -0.15) is 0 Å². The van der Waals surface area contributed by atoms with Gasteiger partial charge in [0.2, 0.25) is 5.76 Å². The molecule has 2 rings (SSSR count). The van der Waals surface area contributed by atoms with E-state index in [0.717, 1.165) is 6.26 Å². The third-order valence-corrected chi connectivity index (χ3v) is 3.81. The van der Waals surface area contributed by atoms with E-state index in [-0.39, 0.29) is 33.1 Å². The molecule has 124 valence electrons. The van der Waals surface area contributed by atoms with Gasteiger partial charge in [-0.05, 0) is 19.1 Å². The molecule has 0 radical (unpaired) electrons. The van der Waals surface area contributed by atoms with Crippen molar-refractivity contribution in [1.29, 1.82) is 0 Å². The van der Waals surface area contributed by atoms with Crippen LogP contribution in [0.1, 0.15) is 6.92 Å². The van der Waals surface area contributed by atoms with Crippen LogP contribution in [0.25, 0.3) is 0 Å². The Hall–Kier alpha value is -1.63. The Morgan fingerprint density at radius 3 is 2.52 bits per heavy atom. The molecule has 1 aromatic rings. The molecule has 0 bridgehead atoms. The minimum absolute atomic E-state index is 0.0940. The average Bonchev–Trinajstić information content (AvgIpc) is 2.53. The van der Waals surface area contributed by atoms with Crippen LogP contribution in [0.15, 0.2) is 24.2 Å². The van der Waals surface area contributed by atoms with Crippen LogP contribution < -0.4 is 5.32 Å². The topological polar surface area (TPSA) is 73.9 Å². The number of halogens is 3. The highest BCUT2D eigenvalue weighted by atomic mass is 35.5. The van der Waals surface area contributed by atoms with Gasteiger partial charge >= 0.3 is 5.97 Å². The summed E-state index contributed by atoms with van der Waals surface area (Å²) in [4.78, 5) is 23.9. The maximum Gasteiger partial charge on any atom is 0.377 e. The lowest BCUT2D eigenvalue weighted by molar-refractivity contribution is -0.153. The van der Waals surface area contributed by atoms with Crippen LogP contribution in [0.4, 0.5) is 5.69 Å². The smallest absolute Gasteiger partial charge is 0.377 e. The number of benzene rings is 1. The Bertz CT molecular complexity index is 662. The van der Waals surface area contributed by atoms with Crippen LogP contribution in [0.2, 0.25) is 15.1 Å². The second-order valence-corrected chi connectivity index (χ2v) is 5.71. The maximum absolute atomic E-state index is 12.1. The van der Waals surface area contributed by atoms with Gasteiger partial charge in [-0.15, -0.1) is 0 Å². The summed E-state index contributed by atoms with van der Waals surface area (Å²) in [5, 5.41) is 3.20. The zero-order valence-corrected chi connectivity index (χ0v) is 14.2. The summed E-state index contributed by atoms with van der Waals surface area (Å²) >= 11 is 17.6. The van der Waals surface area contributed by atoms with E-state index in [1.807, 2.05) is 0 Å². The van der Waals surface area contributed by atoms with E-state index in [1.54, 1.807) is 0 Å². The summed E-state index contributed by atoms with van der Waals surface area (Å²) in [5.41, 5.74) is 0.255. The third-order valence-electron chi connectivity index (χ3n) is 2.77. The molecule has 0 spiro atoms. The van der Waals surface area contributed by atoms with Crippen LogP contribution in [0, 0.1) is 0 Å². The maximum atomic E-state index is 12.1. The Morgan fingerprint density at radius 2 is 1.87 bits per heavy atom. The van der Waals surface area contributed by atoms with Gasteiger partial charge in [0, 0.05) is 0 Å². The number of anilines is 1. The van der Waals surface area contributed by atoms with E-state index in [2.05, 4.69) is 5.32 Å². The SMILES string of the molecule is C[C@@H](OC(=O)C1=COCCO1)C(=O)Nc1cc(Cl)c(Cl)cc1Cl. The van der Waals surface area contributed by atoms with Crippen LogP contribution in [0.3, 0.4) is 0 Å². The van der Waals surface area contributed by atoms with Crippen molar-refractivity contribution in [2.75, 3.05) is 18.5 Å². The molecule has 0 saturated carbocycles. The van der Waals surface area contributed by atoms with E-state index >= 15 is 0 Å². The number of ether oxygens (including phenoxy) is 3. The quantitative estimate of drug-likeness (QED) is 0.640. The van der Waals surface area contributed by atoms with Crippen LogP contribution in [0.5, 0.6) is 0 Å². The van der Waals surface area contributed by atoms with E-state index in [4.69, 9.17) is 49.0 Å². The zero-order chi connectivity index (χ0) is 17.0. The summed E-state index contributed by atoms with van der Waals surface area (Å²) in [6.07, 6.45) is 0.0613. The third kappa shape index (κ3) is 4.67. The molecule has 1 aliphatic heterocycles. The summed E-state index contributed by atoms with van der Waals surface area (Å²) in [6, 6.07) is 2.80. The van der Waals surface area contributed by atoms with E-state index in [9.17, 15) is 9.59 Å². The standard InChI is InChI=1S/C14H12Cl3NO5/c1-7(23-14(20)12-6-21-2-3-22-12)13(19)18-11-5-9(16)8(15)4-10(11)17/h4-7H,2-3H2,1H3,(H,18,19)/t7-/m1/s1. The van der Waals surface area contributed by atoms with Crippen LogP contribution in [-0.4, -0.2) is 31.2 Å². The number of hydrogen-bond donors (Lipinski definition) is 1. The Labute approximate surface area is 147 Å². The van der Waals surface area contributed by atoms with Crippen molar-refractivity contribution in [3.8, 4) is 0 Å². The molecule has 0 unspecified atom stereocenters. The highest BCUT2D eigenvalue weighted by Gasteiger charge is 2.24. The number of carbonyl (C=O) groups is 2. The number of esters is 1. The summed E-state index contributed by atoms with van der Waals surface area (Å²) in [7, 11) is 0. The summed E-state index contributed by atoms with van der Waals surface area (Å²) in [6.45, 7) is 1.99. The monoisotopic (exact) mass is 379 g/mol. The molecule has 0 fully saturated rings. The van der Waals surface area contributed by atoms with E-state index in [1.165, 1.54) is 19.1 Å². The predicted octanol–water partition coefficient (Wildman–Crippen LogP) is 3.41. The van der Waals surface area contributed by atoms with E-state index < -0.39 is 18.0 Å². The highest BCUT2D eigenvalue weighted by molar-refractivity contribution is 6.44. The van der Waals surface area contributed by atoms with Gasteiger partial charge in [-0.3, -0.25) is 4.79 Å². The molecule has 1 aromatic carbocycles. The van der Waals surface area contributed by atoms with Gasteiger partial charge in [-0.1, -0.05) is 34.8 Å². The second kappa shape index (κ2) is 7.77. The largest absolute Gasteiger partial charge is 0.493 e. The fourth-order valence-corrected chi connectivity index (χ4v) is 2.19. The molecule has 1 aliphatic rings. The molecule has 6 nitrogen and oxygen atoms in total. The molecule has 0 aliphatic carbocycles. The van der Waals surface area contributed by atoms with Crippen molar-refractivity contribution < 1.29 is 23.8 Å². The molecule has 0 saturated heterocycles. The minimum Gasteiger partial charge on any atom is -0.493 e. The van der Waals surface area contributed by atoms with Crippen molar-refractivity contribution in [1.82, 2.24) is 0 Å². The van der Waals surface area contributed by atoms with Crippen LogP contribution in [-0.2, 0) is 23.8 Å². The van der Waals surface area contributed by atoms with Crippen molar-refractivity contribution >= 4 is 52.4 Å². The van der Waals surface area contributed by atoms with E-state index in [0.29, 0.717) is 6.61 Å². The lowest BCUT2D eigenvalue weighted by Crippen LogP contribution is -2.31. The first kappa shape index (κ1) is 17.7. The summed E-state index contributed by atoms with van der Waals surface area (Å²) < 4.78 is 15.0. The Morgan fingerprint density at radius 1 is 1.17 bits per heavy atom. The molecule has 1 N–H and O–H groups in total. The Balaban J connectivity index is 1.99. The number of nitrogens with one attached hydrogen (secondary N) is 1. The van der Waals surface area contributed by atoms with Gasteiger partial charge in [0.05, 0.1) is 20.8 Å². The predicted molar refractivity (Wildman–Crippen MR) is 85.6 cm³/mol. The van der Waals surface area contributed by atoms with Gasteiger partial charge < -0.3 is 19.5 Å². The van der Waals surface area contributed by atoms with Gasteiger partial charge in [0.15, 0.2) is 6.10 Å². The molecule has 1 amide bonds. The van der Waals surface area contributed by atoms with Gasteiger partial charge in [0.1, 0.15) is 19.5 Å². The number of amides is 1. The lowest BCUT2D eigenvalue weighted by Gasteiger charge is -2.17. The number of carbonyl (C=O) groups excluding carboxylic acids is 2. The van der Waals surface area contributed by atoms with Gasteiger partial charge in [0.25, 0.3) is 5.91 Å². The number of hydrogen-bond acceptors (Lipinski definition) is 5. The Kier molecular flexibility index (Phi) is 5.98. The minimum atomic E-state index is -1.08. The van der Waals surface area contributed by atoms with Crippen molar-refractivity contribution in [3.05, 3.63) is 39.2 Å². The first-order chi connectivity index (χ1) is 10.9. The normalized spacial score (nSPS) is 14.9. The van der Waals surface area contributed by atoms with Crippen molar-refractivity contribution in [3.63, 3.8) is 0 Å². The van der Waals surface area contributed by atoms with Crippen molar-refractivity contribution in [2.24, 2.45) is 0 Å². The molecule has 23 heavy (non-hydrogen) atoms.